The predicted molar refractivity (Wildman–Crippen MR) is 70.1 cm³/mol. The van der Waals surface area contributed by atoms with Gasteiger partial charge in [-0.3, -0.25) is 4.68 Å². The first-order chi connectivity index (χ1) is 8.54. The first-order valence-corrected chi connectivity index (χ1v) is 5.98. The Morgan fingerprint density at radius 2 is 2.06 bits per heavy atom. The predicted octanol–water partition coefficient (Wildman–Crippen LogP) is 2.97. The molecule has 1 aromatic heterocycles. The van der Waals surface area contributed by atoms with E-state index in [2.05, 4.69) is 5.10 Å². The summed E-state index contributed by atoms with van der Waals surface area (Å²) in [5, 5.41) is 14.1. The molecule has 2 aromatic rings. The summed E-state index contributed by atoms with van der Waals surface area (Å²) in [6.07, 6.45) is 0. The van der Waals surface area contributed by atoms with Gasteiger partial charge in [-0.2, -0.15) is 5.10 Å². The summed E-state index contributed by atoms with van der Waals surface area (Å²) in [5.41, 5.74) is 2.36. The van der Waals surface area contributed by atoms with E-state index in [0.717, 1.165) is 11.4 Å². The van der Waals surface area contributed by atoms with Crippen molar-refractivity contribution in [3.63, 3.8) is 0 Å². The highest BCUT2D eigenvalue weighted by Gasteiger charge is 2.15. The van der Waals surface area contributed by atoms with E-state index in [-0.39, 0.29) is 6.61 Å². The minimum Gasteiger partial charge on any atom is -0.452 e. The molecule has 0 unspecified atom stereocenters. The Balaban J connectivity index is 2.46. The van der Waals surface area contributed by atoms with Crippen molar-refractivity contribution in [1.29, 1.82) is 0 Å². The number of nitrogens with zero attached hydrogens (tertiary/aromatic N) is 2. The van der Waals surface area contributed by atoms with Gasteiger partial charge in [-0.05, 0) is 19.9 Å². The molecule has 1 aromatic carbocycles. The summed E-state index contributed by atoms with van der Waals surface area (Å²) in [7, 11) is 1.86. The third kappa shape index (κ3) is 2.21. The highest BCUT2D eigenvalue weighted by Crippen LogP contribution is 2.35. The van der Waals surface area contributed by atoms with E-state index in [1.807, 2.05) is 20.9 Å². The largest absolute Gasteiger partial charge is 0.452 e. The second-order valence-electron chi connectivity index (χ2n) is 4.11. The number of ether oxygens (including phenoxy) is 1. The SMILES string of the molecule is Cc1nn(C)c(C)c1Oc1c(Cl)cccc1CO. The van der Waals surface area contributed by atoms with Gasteiger partial charge in [0.05, 0.1) is 17.3 Å². The van der Waals surface area contributed by atoms with Gasteiger partial charge < -0.3 is 9.84 Å². The van der Waals surface area contributed by atoms with Crippen LogP contribution in [0.25, 0.3) is 0 Å². The fraction of sp³-hybridized carbons (Fsp3) is 0.308. The third-order valence-electron chi connectivity index (χ3n) is 2.87. The molecule has 0 atom stereocenters. The van der Waals surface area contributed by atoms with Gasteiger partial charge >= 0.3 is 0 Å². The number of benzene rings is 1. The molecule has 0 amide bonds. The van der Waals surface area contributed by atoms with Crippen molar-refractivity contribution < 1.29 is 9.84 Å². The minimum absolute atomic E-state index is 0.117. The standard InChI is InChI=1S/C13H15ClN2O2/c1-8-12(9(2)16(3)15-8)18-13-10(7-17)5-4-6-11(13)14/h4-6,17H,7H2,1-3H3. The molecular weight excluding hydrogens is 252 g/mol. The smallest absolute Gasteiger partial charge is 0.171 e. The Kier molecular flexibility index (Phi) is 3.59. The van der Waals surface area contributed by atoms with Crippen LogP contribution in [0.1, 0.15) is 17.0 Å². The van der Waals surface area contributed by atoms with Gasteiger partial charge in [-0.25, -0.2) is 0 Å². The Hall–Kier alpha value is -1.52. The number of halogens is 1. The van der Waals surface area contributed by atoms with E-state index in [4.69, 9.17) is 16.3 Å². The van der Waals surface area contributed by atoms with Crippen LogP contribution in [-0.2, 0) is 13.7 Å². The van der Waals surface area contributed by atoms with Gasteiger partial charge in [0.2, 0.25) is 0 Å². The lowest BCUT2D eigenvalue weighted by molar-refractivity contribution is 0.276. The maximum atomic E-state index is 9.31. The first kappa shape index (κ1) is 12.9. The molecule has 2 rings (SSSR count). The Bertz CT molecular complexity index is 579. The molecule has 18 heavy (non-hydrogen) atoms. The van der Waals surface area contributed by atoms with E-state index in [9.17, 15) is 5.11 Å². The second kappa shape index (κ2) is 5.00. The number of rotatable bonds is 3. The Morgan fingerprint density at radius 1 is 1.33 bits per heavy atom. The molecule has 0 spiro atoms. The van der Waals surface area contributed by atoms with Crippen LogP contribution in [0.2, 0.25) is 5.02 Å². The fourth-order valence-electron chi connectivity index (χ4n) is 1.80. The van der Waals surface area contributed by atoms with Crippen molar-refractivity contribution in [3.05, 3.63) is 40.2 Å². The zero-order valence-electron chi connectivity index (χ0n) is 10.6. The van der Waals surface area contributed by atoms with E-state index in [0.29, 0.717) is 22.1 Å². The monoisotopic (exact) mass is 266 g/mol. The highest BCUT2D eigenvalue weighted by atomic mass is 35.5. The minimum atomic E-state index is -0.117. The van der Waals surface area contributed by atoms with E-state index in [1.54, 1.807) is 22.9 Å². The van der Waals surface area contributed by atoms with Gasteiger partial charge in [0, 0.05) is 12.6 Å². The molecule has 1 heterocycles. The van der Waals surface area contributed by atoms with Gasteiger partial charge in [0.15, 0.2) is 11.5 Å². The lowest BCUT2D eigenvalue weighted by Crippen LogP contribution is -1.95. The third-order valence-corrected chi connectivity index (χ3v) is 3.16. The number of aromatic nitrogens is 2. The first-order valence-electron chi connectivity index (χ1n) is 5.61. The van der Waals surface area contributed by atoms with Gasteiger partial charge in [0.1, 0.15) is 5.69 Å². The lowest BCUT2D eigenvalue weighted by atomic mass is 10.2. The number of aliphatic hydroxyl groups is 1. The molecule has 1 N–H and O–H groups in total. The van der Waals surface area contributed by atoms with Crippen LogP contribution < -0.4 is 4.74 Å². The molecule has 0 aliphatic heterocycles. The fourth-order valence-corrected chi connectivity index (χ4v) is 2.03. The topological polar surface area (TPSA) is 47.3 Å². The summed E-state index contributed by atoms with van der Waals surface area (Å²) in [6.45, 7) is 3.68. The second-order valence-corrected chi connectivity index (χ2v) is 4.52. The van der Waals surface area contributed by atoms with Crippen molar-refractivity contribution >= 4 is 11.6 Å². The van der Waals surface area contributed by atoms with Crippen LogP contribution in [0, 0.1) is 13.8 Å². The highest BCUT2D eigenvalue weighted by molar-refractivity contribution is 6.32. The number of aliphatic hydroxyl groups excluding tert-OH is 1. The summed E-state index contributed by atoms with van der Waals surface area (Å²) < 4.78 is 7.59. The molecule has 0 bridgehead atoms. The molecule has 96 valence electrons. The summed E-state index contributed by atoms with van der Waals surface area (Å²) in [4.78, 5) is 0. The van der Waals surface area contributed by atoms with Crippen molar-refractivity contribution in [3.8, 4) is 11.5 Å². The van der Waals surface area contributed by atoms with E-state index < -0.39 is 0 Å². The van der Waals surface area contributed by atoms with Crippen LogP contribution in [0.3, 0.4) is 0 Å². The van der Waals surface area contributed by atoms with Crippen LogP contribution in [0.5, 0.6) is 11.5 Å². The zero-order chi connectivity index (χ0) is 13.3. The maximum Gasteiger partial charge on any atom is 0.171 e. The normalized spacial score (nSPS) is 10.7. The molecule has 0 saturated heterocycles. The number of aryl methyl sites for hydroxylation is 2. The maximum absolute atomic E-state index is 9.31. The van der Waals surface area contributed by atoms with E-state index in [1.165, 1.54) is 0 Å². The summed E-state index contributed by atoms with van der Waals surface area (Å²) >= 11 is 6.11. The van der Waals surface area contributed by atoms with Crippen molar-refractivity contribution in [2.45, 2.75) is 20.5 Å². The van der Waals surface area contributed by atoms with Crippen LogP contribution in [0.15, 0.2) is 18.2 Å². The Morgan fingerprint density at radius 3 is 2.61 bits per heavy atom. The lowest BCUT2D eigenvalue weighted by Gasteiger charge is -2.11. The van der Waals surface area contributed by atoms with Crippen molar-refractivity contribution in [1.82, 2.24) is 9.78 Å². The van der Waals surface area contributed by atoms with Crippen LogP contribution in [-0.4, -0.2) is 14.9 Å². The van der Waals surface area contributed by atoms with Crippen molar-refractivity contribution in [2.75, 3.05) is 0 Å². The number of hydrogen-bond acceptors (Lipinski definition) is 3. The van der Waals surface area contributed by atoms with Crippen LogP contribution in [0.4, 0.5) is 0 Å². The molecule has 5 heteroatoms. The zero-order valence-corrected chi connectivity index (χ0v) is 11.3. The molecule has 0 aliphatic rings. The average molecular weight is 267 g/mol. The Labute approximate surface area is 111 Å². The van der Waals surface area contributed by atoms with Crippen LogP contribution >= 0.6 is 11.6 Å². The average Bonchev–Trinajstić information content (AvgIpc) is 2.58. The van der Waals surface area contributed by atoms with Gasteiger partial charge in [-0.1, -0.05) is 23.7 Å². The molecule has 4 nitrogen and oxygen atoms in total. The number of hydrogen-bond donors (Lipinski definition) is 1. The molecular formula is C13H15ClN2O2. The van der Waals surface area contributed by atoms with E-state index >= 15 is 0 Å². The molecule has 0 fully saturated rings. The molecule has 0 aliphatic carbocycles. The molecule has 0 radical (unpaired) electrons. The van der Waals surface area contributed by atoms with Gasteiger partial charge in [0.25, 0.3) is 0 Å². The summed E-state index contributed by atoms with van der Waals surface area (Å²) in [5.74, 6) is 1.17. The van der Waals surface area contributed by atoms with Gasteiger partial charge in [-0.15, -0.1) is 0 Å². The molecule has 0 saturated carbocycles. The van der Waals surface area contributed by atoms with Crippen molar-refractivity contribution in [2.24, 2.45) is 7.05 Å². The summed E-state index contributed by atoms with van der Waals surface area (Å²) in [6, 6.07) is 5.29. The quantitative estimate of drug-likeness (QED) is 0.929. The number of para-hydroxylation sites is 1.